The van der Waals surface area contributed by atoms with Crippen LogP contribution in [-0.2, 0) is 4.79 Å². The standard InChI is InChI=1S/C11H12N2O4S/c1-6-13(8(5-18-6)11(16)17)10(15)7-2-3-12-9(14)4-7/h2-4,6,8H,5H2,1H3,(H,12,14)(H,16,17). The van der Waals surface area contributed by atoms with E-state index < -0.39 is 17.9 Å². The molecule has 6 nitrogen and oxygen atoms in total. The fraction of sp³-hybridized carbons (Fsp3) is 0.364. The van der Waals surface area contributed by atoms with Crippen molar-refractivity contribution in [3.05, 3.63) is 34.2 Å². The number of pyridine rings is 1. The molecule has 1 aliphatic heterocycles. The number of amides is 1. The van der Waals surface area contributed by atoms with Gasteiger partial charge in [0.15, 0.2) is 0 Å². The molecule has 2 atom stereocenters. The van der Waals surface area contributed by atoms with Crippen LogP contribution >= 0.6 is 11.8 Å². The lowest BCUT2D eigenvalue weighted by Crippen LogP contribution is -2.45. The van der Waals surface area contributed by atoms with E-state index in [0.717, 1.165) is 0 Å². The van der Waals surface area contributed by atoms with Gasteiger partial charge in [-0.2, -0.15) is 0 Å². The molecule has 0 saturated carbocycles. The van der Waals surface area contributed by atoms with Crippen molar-refractivity contribution in [2.24, 2.45) is 0 Å². The quantitative estimate of drug-likeness (QED) is 0.808. The molecule has 1 aromatic heterocycles. The van der Waals surface area contributed by atoms with E-state index in [0.29, 0.717) is 5.75 Å². The summed E-state index contributed by atoms with van der Waals surface area (Å²) in [6.07, 6.45) is 1.37. The fourth-order valence-electron chi connectivity index (χ4n) is 1.87. The molecule has 2 heterocycles. The van der Waals surface area contributed by atoms with Crippen LogP contribution in [0.4, 0.5) is 0 Å². The van der Waals surface area contributed by atoms with Crippen molar-refractivity contribution in [3.63, 3.8) is 0 Å². The summed E-state index contributed by atoms with van der Waals surface area (Å²) >= 11 is 1.41. The number of aromatic amines is 1. The van der Waals surface area contributed by atoms with E-state index >= 15 is 0 Å². The summed E-state index contributed by atoms with van der Waals surface area (Å²) < 4.78 is 0. The molecule has 1 fully saturated rings. The van der Waals surface area contributed by atoms with Gasteiger partial charge >= 0.3 is 5.97 Å². The first-order valence-electron chi connectivity index (χ1n) is 5.36. The lowest BCUT2D eigenvalue weighted by atomic mass is 10.2. The first kappa shape index (κ1) is 12.7. The van der Waals surface area contributed by atoms with Crippen LogP contribution in [0.2, 0.25) is 0 Å². The molecule has 0 bridgehead atoms. The van der Waals surface area contributed by atoms with E-state index in [-0.39, 0.29) is 16.5 Å². The zero-order chi connectivity index (χ0) is 13.3. The highest BCUT2D eigenvalue weighted by Gasteiger charge is 2.39. The maximum atomic E-state index is 12.2. The highest BCUT2D eigenvalue weighted by Crippen LogP contribution is 2.30. The number of nitrogens with one attached hydrogen (secondary N) is 1. The summed E-state index contributed by atoms with van der Waals surface area (Å²) in [6, 6.07) is 1.81. The molecule has 1 aromatic rings. The van der Waals surface area contributed by atoms with Gasteiger partial charge in [-0.25, -0.2) is 4.79 Å². The Labute approximate surface area is 107 Å². The zero-order valence-electron chi connectivity index (χ0n) is 9.62. The van der Waals surface area contributed by atoms with E-state index in [2.05, 4.69) is 4.98 Å². The Hall–Kier alpha value is -1.76. The Morgan fingerprint density at radius 1 is 1.56 bits per heavy atom. The van der Waals surface area contributed by atoms with Gasteiger partial charge in [0.25, 0.3) is 5.91 Å². The molecule has 2 rings (SSSR count). The molecular formula is C11H12N2O4S. The topological polar surface area (TPSA) is 90.5 Å². The van der Waals surface area contributed by atoms with E-state index in [1.54, 1.807) is 6.92 Å². The summed E-state index contributed by atoms with van der Waals surface area (Å²) in [6.45, 7) is 1.78. The van der Waals surface area contributed by atoms with Crippen molar-refractivity contribution in [2.45, 2.75) is 18.3 Å². The molecular weight excluding hydrogens is 256 g/mol. The summed E-state index contributed by atoms with van der Waals surface area (Å²) in [5, 5.41) is 8.87. The second-order valence-electron chi connectivity index (χ2n) is 3.94. The summed E-state index contributed by atoms with van der Waals surface area (Å²) in [4.78, 5) is 38.2. The number of rotatable bonds is 2. The molecule has 1 aliphatic rings. The number of carboxylic acid groups (broad SMARTS) is 1. The van der Waals surface area contributed by atoms with Crippen molar-refractivity contribution < 1.29 is 14.7 Å². The molecule has 7 heteroatoms. The molecule has 2 N–H and O–H groups in total. The number of carbonyl (C=O) groups is 2. The highest BCUT2D eigenvalue weighted by atomic mass is 32.2. The van der Waals surface area contributed by atoms with Crippen LogP contribution in [0.25, 0.3) is 0 Å². The van der Waals surface area contributed by atoms with Gasteiger partial charge in [0, 0.05) is 23.6 Å². The van der Waals surface area contributed by atoms with Gasteiger partial charge in [-0.1, -0.05) is 0 Å². The number of H-pyrrole nitrogens is 1. The second kappa shape index (κ2) is 4.85. The van der Waals surface area contributed by atoms with Gasteiger partial charge in [0.05, 0.1) is 5.37 Å². The van der Waals surface area contributed by atoms with E-state index in [9.17, 15) is 14.4 Å². The number of nitrogens with zero attached hydrogens (tertiary/aromatic N) is 1. The third kappa shape index (κ3) is 2.26. The van der Waals surface area contributed by atoms with Crippen molar-refractivity contribution >= 4 is 23.6 Å². The molecule has 1 amide bonds. The van der Waals surface area contributed by atoms with Crippen LogP contribution in [-0.4, -0.2) is 44.0 Å². The molecule has 96 valence electrons. The van der Waals surface area contributed by atoms with Crippen LogP contribution in [0.1, 0.15) is 17.3 Å². The van der Waals surface area contributed by atoms with Crippen LogP contribution in [0.5, 0.6) is 0 Å². The highest BCUT2D eigenvalue weighted by molar-refractivity contribution is 8.00. The largest absolute Gasteiger partial charge is 0.480 e. The first-order chi connectivity index (χ1) is 8.50. The van der Waals surface area contributed by atoms with Gasteiger partial charge in [0.2, 0.25) is 5.56 Å². The number of aromatic nitrogens is 1. The Morgan fingerprint density at radius 2 is 2.28 bits per heavy atom. The van der Waals surface area contributed by atoms with Crippen LogP contribution in [0.15, 0.2) is 23.1 Å². The van der Waals surface area contributed by atoms with Gasteiger partial charge in [-0.3, -0.25) is 9.59 Å². The minimum atomic E-state index is -1.02. The molecule has 0 aromatic carbocycles. The maximum Gasteiger partial charge on any atom is 0.327 e. The monoisotopic (exact) mass is 268 g/mol. The number of carbonyl (C=O) groups excluding carboxylic acids is 1. The van der Waals surface area contributed by atoms with Crippen LogP contribution in [0, 0.1) is 0 Å². The van der Waals surface area contributed by atoms with E-state index in [1.807, 2.05) is 0 Å². The van der Waals surface area contributed by atoms with Crippen LogP contribution in [0.3, 0.4) is 0 Å². The molecule has 1 saturated heterocycles. The summed E-state index contributed by atoms with van der Waals surface area (Å²) in [5.41, 5.74) is -0.174. The van der Waals surface area contributed by atoms with E-state index in [1.165, 1.54) is 35.0 Å². The number of aliphatic carboxylic acids is 1. The molecule has 0 spiro atoms. The predicted octanol–water partition coefficient (Wildman–Crippen LogP) is 0.363. The average molecular weight is 268 g/mol. The normalized spacial score (nSPS) is 23.1. The Kier molecular flexibility index (Phi) is 3.42. The van der Waals surface area contributed by atoms with Crippen molar-refractivity contribution in [1.29, 1.82) is 0 Å². The Balaban J connectivity index is 2.32. The Bertz CT molecular complexity index is 542. The van der Waals surface area contributed by atoms with Gasteiger partial charge in [0.1, 0.15) is 6.04 Å². The molecule has 18 heavy (non-hydrogen) atoms. The number of thioether (sulfide) groups is 1. The third-order valence-electron chi connectivity index (χ3n) is 2.76. The minimum Gasteiger partial charge on any atom is -0.480 e. The third-order valence-corrected chi connectivity index (χ3v) is 3.98. The first-order valence-corrected chi connectivity index (χ1v) is 6.41. The maximum absolute atomic E-state index is 12.2. The smallest absolute Gasteiger partial charge is 0.327 e. The Morgan fingerprint density at radius 3 is 2.89 bits per heavy atom. The lowest BCUT2D eigenvalue weighted by molar-refractivity contribution is -0.141. The number of carboxylic acids is 1. The lowest BCUT2D eigenvalue weighted by Gasteiger charge is -2.24. The molecule has 0 radical (unpaired) electrons. The van der Waals surface area contributed by atoms with Crippen molar-refractivity contribution in [1.82, 2.24) is 9.88 Å². The van der Waals surface area contributed by atoms with Gasteiger partial charge in [-0.05, 0) is 13.0 Å². The predicted molar refractivity (Wildman–Crippen MR) is 66.6 cm³/mol. The van der Waals surface area contributed by atoms with Crippen LogP contribution < -0.4 is 5.56 Å². The van der Waals surface area contributed by atoms with Crippen molar-refractivity contribution in [2.75, 3.05) is 5.75 Å². The van der Waals surface area contributed by atoms with Gasteiger partial charge < -0.3 is 15.0 Å². The van der Waals surface area contributed by atoms with E-state index in [4.69, 9.17) is 5.11 Å². The number of hydrogen-bond acceptors (Lipinski definition) is 4. The van der Waals surface area contributed by atoms with Gasteiger partial charge in [-0.15, -0.1) is 11.8 Å². The SMILES string of the molecule is CC1SCC(C(=O)O)N1C(=O)c1cc[nH]c(=O)c1. The summed E-state index contributed by atoms with van der Waals surface area (Å²) in [5.74, 6) is -1.08. The fourth-order valence-corrected chi connectivity index (χ4v) is 3.04. The number of hydrogen-bond donors (Lipinski definition) is 2. The minimum absolute atomic E-state index is 0.208. The summed E-state index contributed by atoms with van der Waals surface area (Å²) in [7, 11) is 0. The zero-order valence-corrected chi connectivity index (χ0v) is 10.4. The average Bonchev–Trinajstić information content (AvgIpc) is 2.70. The second-order valence-corrected chi connectivity index (χ2v) is 5.29. The molecule has 0 aliphatic carbocycles. The molecule has 2 unspecified atom stereocenters. The van der Waals surface area contributed by atoms with Crippen molar-refractivity contribution in [3.8, 4) is 0 Å².